The summed E-state index contributed by atoms with van der Waals surface area (Å²) in [6.07, 6.45) is 5.05. The summed E-state index contributed by atoms with van der Waals surface area (Å²) in [4.78, 5) is 10.3. The minimum Gasteiger partial charge on any atom is -0.461 e. The van der Waals surface area contributed by atoms with Crippen LogP contribution in [0.3, 0.4) is 0 Å². The van der Waals surface area contributed by atoms with Crippen molar-refractivity contribution in [3.63, 3.8) is 0 Å². The van der Waals surface area contributed by atoms with Gasteiger partial charge in [-0.25, -0.2) is 0 Å². The third-order valence-corrected chi connectivity index (χ3v) is 3.00. The molecule has 1 aliphatic carbocycles. The fraction of sp³-hybridized carbons (Fsp3) is 0.750. The topological polar surface area (TPSA) is 26.3 Å². The van der Waals surface area contributed by atoms with Crippen LogP contribution in [0.15, 0.2) is 11.6 Å². The van der Waals surface area contributed by atoms with Crippen LogP contribution in [0, 0.1) is 5.41 Å². The van der Waals surface area contributed by atoms with E-state index in [-0.39, 0.29) is 11.0 Å². The van der Waals surface area contributed by atoms with Crippen molar-refractivity contribution in [2.45, 2.75) is 52.6 Å². The first kappa shape index (κ1) is 11.3. The van der Waals surface area contributed by atoms with Crippen molar-refractivity contribution in [3.05, 3.63) is 11.6 Å². The molecule has 0 aromatic carbocycles. The van der Waals surface area contributed by atoms with Crippen LogP contribution >= 0.6 is 0 Å². The summed E-state index contributed by atoms with van der Waals surface area (Å²) in [5.74, 6) is 0. The Labute approximate surface area is 86.3 Å². The maximum atomic E-state index is 10.3. The van der Waals surface area contributed by atoms with E-state index in [0.717, 1.165) is 19.3 Å². The lowest BCUT2D eigenvalue weighted by atomic mass is 9.76. The molecule has 1 rings (SSSR count). The van der Waals surface area contributed by atoms with Crippen molar-refractivity contribution in [2.75, 3.05) is 0 Å². The second-order valence-electron chi connectivity index (χ2n) is 5.35. The molecule has 2 nitrogen and oxygen atoms in total. The van der Waals surface area contributed by atoms with E-state index < -0.39 is 0 Å². The SMILES string of the molecule is CC1(OC=O)CC=C(C(C)(C)C)CC1. The molecule has 0 bridgehead atoms. The lowest BCUT2D eigenvalue weighted by molar-refractivity contribution is -0.142. The average molecular weight is 196 g/mol. The lowest BCUT2D eigenvalue weighted by Crippen LogP contribution is -2.31. The third kappa shape index (κ3) is 2.60. The highest BCUT2D eigenvalue weighted by molar-refractivity contribution is 5.38. The molecule has 1 aliphatic rings. The molecular formula is C12H20O2. The zero-order valence-corrected chi connectivity index (χ0v) is 9.59. The van der Waals surface area contributed by atoms with Crippen LogP contribution in [-0.4, -0.2) is 12.1 Å². The maximum absolute atomic E-state index is 10.3. The number of rotatable bonds is 2. The number of allylic oxidation sites excluding steroid dienone is 1. The van der Waals surface area contributed by atoms with Crippen molar-refractivity contribution in [3.8, 4) is 0 Å². The second-order valence-corrected chi connectivity index (χ2v) is 5.35. The van der Waals surface area contributed by atoms with Crippen LogP contribution < -0.4 is 0 Å². The van der Waals surface area contributed by atoms with Crippen molar-refractivity contribution >= 4 is 6.47 Å². The Hall–Kier alpha value is -0.790. The Kier molecular flexibility index (Phi) is 3.03. The maximum Gasteiger partial charge on any atom is 0.293 e. The van der Waals surface area contributed by atoms with Gasteiger partial charge in [0.25, 0.3) is 6.47 Å². The summed E-state index contributed by atoms with van der Waals surface area (Å²) >= 11 is 0. The molecule has 80 valence electrons. The van der Waals surface area contributed by atoms with Gasteiger partial charge in [0.15, 0.2) is 0 Å². The zero-order valence-electron chi connectivity index (χ0n) is 9.59. The summed E-state index contributed by atoms with van der Waals surface area (Å²) in [5, 5.41) is 0. The van der Waals surface area contributed by atoms with Gasteiger partial charge in [-0.15, -0.1) is 0 Å². The van der Waals surface area contributed by atoms with E-state index in [1.54, 1.807) is 0 Å². The molecular weight excluding hydrogens is 176 g/mol. The fourth-order valence-electron chi connectivity index (χ4n) is 1.85. The van der Waals surface area contributed by atoms with E-state index in [4.69, 9.17) is 4.74 Å². The summed E-state index contributed by atoms with van der Waals surface area (Å²) in [6, 6.07) is 0. The van der Waals surface area contributed by atoms with Crippen molar-refractivity contribution < 1.29 is 9.53 Å². The Morgan fingerprint density at radius 2 is 2.14 bits per heavy atom. The summed E-state index contributed by atoms with van der Waals surface area (Å²) in [7, 11) is 0. The Balaban J connectivity index is 2.68. The van der Waals surface area contributed by atoms with Crippen LogP contribution in [0.4, 0.5) is 0 Å². The van der Waals surface area contributed by atoms with Gasteiger partial charge in [0.05, 0.1) is 0 Å². The molecule has 1 unspecified atom stereocenters. The zero-order chi connectivity index (χ0) is 10.8. The van der Waals surface area contributed by atoms with Crippen molar-refractivity contribution in [1.82, 2.24) is 0 Å². The number of hydrogen-bond acceptors (Lipinski definition) is 2. The molecule has 0 fully saturated rings. The van der Waals surface area contributed by atoms with Crippen molar-refractivity contribution in [1.29, 1.82) is 0 Å². The summed E-state index contributed by atoms with van der Waals surface area (Å²) < 4.78 is 5.11. The fourth-order valence-corrected chi connectivity index (χ4v) is 1.85. The first-order chi connectivity index (χ1) is 6.37. The van der Waals surface area contributed by atoms with Crippen molar-refractivity contribution in [2.24, 2.45) is 5.41 Å². The minimum atomic E-state index is -0.267. The quantitative estimate of drug-likeness (QED) is 0.501. The standard InChI is InChI=1S/C12H20O2/c1-11(2,3)10-5-7-12(4,8-6-10)14-9-13/h5,9H,6-8H2,1-4H3. The Morgan fingerprint density at radius 3 is 2.50 bits per heavy atom. The monoisotopic (exact) mass is 196 g/mol. The number of carbonyl (C=O) groups is 1. The van der Waals surface area contributed by atoms with E-state index in [2.05, 4.69) is 26.8 Å². The second kappa shape index (κ2) is 3.76. The van der Waals surface area contributed by atoms with Gasteiger partial charge in [0.2, 0.25) is 0 Å². The lowest BCUT2D eigenvalue weighted by Gasteiger charge is -2.35. The predicted molar refractivity (Wildman–Crippen MR) is 56.9 cm³/mol. The van der Waals surface area contributed by atoms with Gasteiger partial charge in [-0.3, -0.25) is 4.79 Å². The molecule has 0 spiro atoms. The normalized spacial score (nSPS) is 28.1. The molecule has 0 heterocycles. The van der Waals surface area contributed by atoms with Gasteiger partial charge in [0.1, 0.15) is 5.60 Å². The highest BCUT2D eigenvalue weighted by Crippen LogP contribution is 2.37. The number of carbonyl (C=O) groups excluding carboxylic acids is 1. The molecule has 0 radical (unpaired) electrons. The molecule has 0 aliphatic heterocycles. The van der Waals surface area contributed by atoms with E-state index >= 15 is 0 Å². The first-order valence-electron chi connectivity index (χ1n) is 5.18. The number of hydrogen-bond donors (Lipinski definition) is 0. The molecule has 0 aromatic rings. The van der Waals surface area contributed by atoms with Crippen LogP contribution in [0.1, 0.15) is 47.0 Å². The summed E-state index contributed by atoms with van der Waals surface area (Å²) in [5.41, 5.74) is 1.46. The van der Waals surface area contributed by atoms with Gasteiger partial charge in [0, 0.05) is 6.42 Å². The molecule has 0 amide bonds. The molecule has 0 N–H and O–H groups in total. The first-order valence-corrected chi connectivity index (χ1v) is 5.18. The van der Waals surface area contributed by atoms with Gasteiger partial charge < -0.3 is 4.74 Å². The molecule has 0 aromatic heterocycles. The van der Waals surface area contributed by atoms with E-state index in [9.17, 15) is 4.79 Å². The average Bonchev–Trinajstić information content (AvgIpc) is 2.03. The molecule has 2 heteroatoms. The largest absolute Gasteiger partial charge is 0.461 e. The smallest absolute Gasteiger partial charge is 0.293 e. The van der Waals surface area contributed by atoms with Crippen LogP contribution in [-0.2, 0) is 9.53 Å². The van der Waals surface area contributed by atoms with Crippen LogP contribution in [0.2, 0.25) is 0 Å². The van der Waals surface area contributed by atoms with E-state index in [1.165, 1.54) is 5.57 Å². The van der Waals surface area contributed by atoms with E-state index in [0.29, 0.717) is 6.47 Å². The predicted octanol–water partition coefficient (Wildman–Crippen LogP) is 3.07. The highest BCUT2D eigenvalue weighted by Gasteiger charge is 2.31. The van der Waals surface area contributed by atoms with Gasteiger partial charge in [-0.1, -0.05) is 32.4 Å². The van der Waals surface area contributed by atoms with Crippen LogP contribution in [0.5, 0.6) is 0 Å². The highest BCUT2D eigenvalue weighted by atomic mass is 16.5. The molecule has 0 saturated carbocycles. The third-order valence-electron chi connectivity index (χ3n) is 3.00. The van der Waals surface area contributed by atoms with Gasteiger partial charge >= 0.3 is 0 Å². The van der Waals surface area contributed by atoms with Gasteiger partial charge in [-0.05, 0) is 25.2 Å². The Bertz CT molecular complexity index is 248. The van der Waals surface area contributed by atoms with Gasteiger partial charge in [-0.2, -0.15) is 0 Å². The molecule has 1 atom stereocenters. The Morgan fingerprint density at radius 1 is 1.50 bits per heavy atom. The van der Waals surface area contributed by atoms with E-state index in [1.807, 2.05) is 6.92 Å². The molecule has 0 saturated heterocycles. The summed E-state index contributed by atoms with van der Waals surface area (Å²) in [6.45, 7) is 9.24. The number of ether oxygens (including phenoxy) is 1. The van der Waals surface area contributed by atoms with Crippen LogP contribution in [0.25, 0.3) is 0 Å². The molecule has 14 heavy (non-hydrogen) atoms. The minimum absolute atomic E-state index is 0.252.